The molecule has 2 heterocycles. The van der Waals surface area contributed by atoms with Crippen LogP contribution in [0, 0.1) is 0 Å². The summed E-state index contributed by atoms with van der Waals surface area (Å²) in [5, 5.41) is 0. The van der Waals surface area contributed by atoms with E-state index in [1.807, 2.05) is 12.1 Å². The molecule has 1 aromatic rings. The van der Waals surface area contributed by atoms with E-state index in [0.717, 1.165) is 24.4 Å². The van der Waals surface area contributed by atoms with Gasteiger partial charge in [0.05, 0.1) is 7.11 Å². The zero-order valence-corrected chi connectivity index (χ0v) is 13.9. The van der Waals surface area contributed by atoms with Crippen molar-refractivity contribution < 1.29 is 4.74 Å². The number of rotatable bonds is 5. The molecule has 22 heavy (non-hydrogen) atoms. The van der Waals surface area contributed by atoms with Crippen molar-refractivity contribution in [1.82, 2.24) is 9.80 Å². The van der Waals surface area contributed by atoms with E-state index in [9.17, 15) is 0 Å². The third kappa shape index (κ3) is 3.36. The predicted molar refractivity (Wildman–Crippen MR) is 92.3 cm³/mol. The van der Waals surface area contributed by atoms with Gasteiger partial charge in [-0.2, -0.15) is 0 Å². The molecule has 2 bridgehead atoms. The number of nitrogens with zero attached hydrogens (tertiary/aromatic N) is 2. The van der Waals surface area contributed by atoms with Gasteiger partial charge in [0.15, 0.2) is 0 Å². The summed E-state index contributed by atoms with van der Waals surface area (Å²) >= 11 is 0. The molecule has 120 valence electrons. The number of benzene rings is 1. The molecule has 0 spiro atoms. The predicted octanol–water partition coefficient (Wildman–Crippen LogP) is 3.27. The summed E-state index contributed by atoms with van der Waals surface area (Å²) in [4.78, 5) is 5.34. The first-order valence-electron chi connectivity index (χ1n) is 8.59. The Bertz CT molecular complexity index is 514. The number of ether oxygens (including phenoxy) is 1. The Morgan fingerprint density at radius 3 is 2.82 bits per heavy atom. The number of methoxy groups -OCH3 is 1. The molecule has 0 amide bonds. The summed E-state index contributed by atoms with van der Waals surface area (Å²) in [6.45, 7) is 7.05. The first kappa shape index (κ1) is 15.6. The minimum atomic E-state index is 0.745. The molecule has 0 aromatic heterocycles. The van der Waals surface area contributed by atoms with Crippen LogP contribution in [0.4, 0.5) is 0 Å². The Balaban J connectivity index is 1.64. The molecule has 2 aliphatic heterocycles. The lowest BCUT2D eigenvalue weighted by molar-refractivity contribution is 0.205. The minimum Gasteiger partial charge on any atom is -0.496 e. The zero-order valence-electron chi connectivity index (χ0n) is 13.9. The second-order valence-corrected chi connectivity index (χ2v) is 6.41. The normalized spacial score (nSPS) is 26.5. The van der Waals surface area contributed by atoms with Crippen LogP contribution in [0.2, 0.25) is 0 Å². The van der Waals surface area contributed by atoms with Crippen molar-refractivity contribution in [2.24, 2.45) is 0 Å². The highest BCUT2D eigenvalue weighted by atomic mass is 16.5. The molecular formula is C19H28N2O. The standard InChI is InChI=1S/C19H28N2O/c1-3-20-14-12-17-10-11-18(15-20)21(17)13-6-8-16-7-4-5-9-19(16)22-2/h4-9,17-18H,3,10-15H2,1-2H3. The molecule has 2 saturated heterocycles. The first-order chi connectivity index (χ1) is 10.8. The Labute approximate surface area is 134 Å². The van der Waals surface area contributed by atoms with Gasteiger partial charge in [0.25, 0.3) is 0 Å². The maximum atomic E-state index is 5.42. The van der Waals surface area contributed by atoms with E-state index in [4.69, 9.17) is 4.74 Å². The van der Waals surface area contributed by atoms with Crippen molar-refractivity contribution in [2.75, 3.05) is 33.3 Å². The molecule has 2 fully saturated rings. The van der Waals surface area contributed by atoms with Gasteiger partial charge in [-0.1, -0.05) is 37.3 Å². The van der Waals surface area contributed by atoms with Gasteiger partial charge in [-0.25, -0.2) is 0 Å². The Morgan fingerprint density at radius 2 is 2.00 bits per heavy atom. The zero-order chi connectivity index (χ0) is 15.4. The number of likely N-dealkylation sites (N-methyl/N-ethyl adjacent to an activating group) is 1. The first-order valence-corrected chi connectivity index (χ1v) is 8.59. The van der Waals surface area contributed by atoms with Gasteiger partial charge in [0.1, 0.15) is 5.75 Å². The van der Waals surface area contributed by atoms with Crippen molar-refractivity contribution in [3.05, 3.63) is 35.9 Å². The second-order valence-electron chi connectivity index (χ2n) is 6.41. The number of hydrogen-bond acceptors (Lipinski definition) is 3. The van der Waals surface area contributed by atoms with Crippen molar-refractivity contribution in [3.8, 4) is 5.75 Å². The van der Waals surface area contributed by atoms with Crippen LogP contribution in [0.15, 0.2) is 30.3 Å². The molecular weight excluding hydrogens is 272 g/mol. The SMILES string of the molecule is CCN1CCC2CCC(C1)N2CC=Cc1ccccc1OC. The smallest absolute Gasteiger partial charge is 0.126 e. The summed E-state index contributed by atoms with van der Waals surface area (Å²) in [5.41, 5.74) is 1.17. The van der Waals surface area contributed by atoms with Gasteiger partial charge in [-0.05, 0) is 38.4 Å². The molecule has 0 saturated carbocycles. The molecule has 0 aliphatic carbocycles. The number of hydrogen-bond donors (Lipinski definition) is 0. The summed E-state index contributed by atoms with van der Waals surface area (Å²) in [6.07, 6.45) is 8.59. The lowest BCUT2D eigenvalue weighted by Crippen LogP contribution is -2.39. The molecule has 3 rings (SSSR count). The van der Waals surface area contributed by atoms with Crippen molar-refractivity contribution in [2.45, 2.75) is 38.3 Å². The van der Waals surface area contributed by atoms with E-state index in [-0.39, 0.29) is 0 Å². The third-order valence-electron chi connectivity index (χ3n) is 5.22. The highest BCUT2D eigenvalue weighted by Crippen LogP contribution is 2.30. The van der Waals surface area contributed by atoms with Crippen LogP contribution < -0.4 is 4.74 Å². The average molecular weight is 300 g/mol. The van der Waals surface area contributed by atoms with E-state index in [1.165, 1.54) is 44.5 Å². The maximum Gasteiger partial charge on any atom is 0.126 e. The van der Waals surface area contributed by atoms with Crippen LogP contribution in [0.25, 0.3) is 6.08 Å². The van der Waals surface area contributed by atoms with Crippen molar-refractivity contribution in [1.29, 1.82) is 0 Å². The van der Waals surface area contributed by atoms with E-state index in [0.29, 0.717) is 0 Å². The highest BCUT2D eigenvalue weighted by molar-refractivity contribution is 5.57. The van der Waals surface area contributed by atoms with Crippen LogP contribution in [-0.2, 0) is 0 Å². The molecule has 2 aliphatic rings. The Kier molecular flexibility index (Phi) is 5.16. The number of fused-ring (bicyclic) bond motifs is 2. The average Bonchev–Trinajstić information content (AvgIpc) is 2.82. The molecule has 3 heteroatoms. The fourth-order valence-corrected chi connectivity index (χ4v) is 3.93. The summed E-state index contributed by atoms with van der Waals surface area (Å²) < 4.78 is 5.42. The largest absolute Gasteiger partial charge is 0.496 e. The van der Waals surface area contributed by atoms with Crippen LogP contribution in [0.1, 0.15) is 31.7 Å². The van der Waals surface area contributed by atoms with E-state index >= 15 is 0 Å². The van der Waals surface area contributed by atoms with Gasteiger partial charge in [0, 0.05) is 30.7 Å². The van der Waals surface area contributed by atoms with Gasteiger partial charge in [-0.15, -0.1) is 0 Å². The van der Waals surface area contributed by atoms with Crippen LogP contribution in [0.5, 0.6) is 5.75 Å². The molecule has 0 radical (unpaired) electrons. The third-order valence-corrected chi connectivity index (χ3v) is 5.22. The minimum absolute atomic E-state index is 0.745. The summed E-state index contributed by atoms with van der Waals surface area (Å²) in [6, 6.07) is 9.75. The molecule has 0 N–H and O–H groups in total. The number of para-hydroxylation sites is 1. The molecule has 1 aromatic carbocycles. The highest BCUT2D eigenvalue weighted by Gasteiger charge is 2.35. The maximum absolute atomic E-state index is 5.42. The van der Waals surface area contributed by atoms with Crippen molar-refractivity contribution in [3.63, 3.8) is 0 Å². The lowest BCUT2D eigenvalue weighted by atomic mass is 10.1. The fraction of sp³-hybridized carbons (Fsp3) is 0.579. The van der Waals surface area contributed by atoms with Crippen LogP contribution in [0.3, 0.4) is 0 Å². The van der Waals surface area contributed by atoms with Crippen LogP contribution in [-0.4, -0.2) is 55.2 Å². The summed E-state index contributed by atoms with van der Waals surface area (Å²) in [5.74, 6) is 0.953. The fourth-order valence-electron chi connectivity index (χ4n) is 3.93. The quantitative estimate of drug-likeness (QED) is 0.830. The van der Waals surface area contributed by atoms with Crippen LogP contribution >= 0.6 is 0 Å². The van der Waals surface area contributed by atoms with Gasteiger partial charge in [-0.3, -0.25) is 4.90 Å². The Hall–Kier alpha value is -1.32. The monoisotopic (exact) mass is 300 g/mol. The van der Waals surface area contributed by atoms with E-state index in [1.54, 1.807) is 7.11 Å². The molecule has 2 atom stereocenters. The number of likely N-dealkylation sites (tertiary alicyclic amines) is 1. The molecule has 3 nitrogen and oxygen atoms in total. The van der Waals surface area contributed by atoms with E-state index in [2.05, 4.69) is 41.0 Å². The van der Waals surface area contributed by atoms with Crippen molar-refractivity contribution >= 4 is 6.08 Å². The van der Waals surface area contributed by atoms with Gasteiger partial charge < -0.3 is 9.64 Å². The van der Waals surface area contributed by atoms with Gasteiger partial charge >= 0.3 is 0 Å². The Morgan fingerprint density at radius 1 is 1.18 bits per heavy atom. The topological polar surface area (TPSA) is 15.7 Å². The lowest BCUT2D eigenvalue weighted by Gasteiger charge is -2.27. The van der Waals surface area contributed by atoms with E-state index < -0.39 is 0 Å². The molecule has 2 unspecified atom stereocenters. The second kappa shape index (κ2) is 7.30. The van der Waals surface area contributed by atoms with Gasteiger partial charge in [0.2, 0.25) is 0 Å². The summed E-state index contributed by atoms with van der Waals surface area (Å²) in [7, 11) is 1.74.